The van der Waals surface area contributed by atoms with Crippen LogP contribution in [0.25, 0.3) is 0 Å². The lowest BCUT2D eigenvalue weighted by atomic mass is 9.99. The molecule has 170 valence electrons. The van der Waals surface area contributed by atoms with E-state index in [9.17, 15) is 22.4 Å². The Morgan fingerprint density at radius 3 is 2.53 bits per heavy atom. The van der Waals surface area contributed by atoms with Crippen LogP contribution in [0.5, 0.6) is 0 Å². The number of amides is 2. The van der Waals surface area contributed by atoms with Gasteiger partial charge in [0.2, 0.25) is 21.8 Å². The normalized spacial score (nSPS) is 21.3. The standard InChI is InChI=1S/C23H26FN3O4S/c1-15-12-18-13-21(9-10-22(18)27(15)16(2)28)32(30,31)26-11-3-4-17(14-26)23(29)25-20-7-5-19(24)6-8-20/h5-10,13,15,17H,3-4,11-12,14H2,1-2H3,(H,25,29)/t15-,17+/m1/s1. The van der Waals surface area contributed by atoms with Crippen molar-refractivity contribution < 1.29 is 22.4 Å². The Kier molecular flexibility index (Phi) is 6.05. The number of nitrogens with zero attached hydrogens (tertiary/aromatic N) is 2. The Hall–Kier alpha value is -2.78. The summed E-state index contributed by atoms with van der Waals surface area (Å²) in [4.78, 5) is 26.5. The second kappa shape index (κ2) is 8.63. The summed E-state index contributed by atoms with van der Waals surface area (Å²) in [7, 11) is -3.78. The first-order valence-electron chi connectivity index (χ1n) is 10.7. The Morgan fingerprint density at radius 1 is 1.12 bits per heavy atom. The van der Waals surface area contributed by atoms with Crippen LogP contribution < -0.4 is 10.2 Å². The number of carbonyl (C=O) groups excluding carboxylic acids is 2. The van der Waals surface area contributed by atoms with Crippen LogP contribution in [0.3, 0.4) is 0 Å². The molecule has 2 aromatic carbocycles. The number of piperidine rings is 1. The van der Waals surface area contributed by atoms with Gasteiger partial charge in [0, 0.05) is 37.4 Å². The average molecular weight is 460 g/mol. The van der Waals surface area contributed by atoms with Gasteiger partial charge in [0.05, 0.1) is 10.8 Å². The molecule has 2 aliphatic heterocycles. The second-order valence-corrected chi connectivity index (χ2v) is 10.4. The Bertz CT molecular complexity index is 1150. The lowest BCUT2D eigenvalue weighted by Gasteiger charge is -2.31. The highest BCUT2D eigenvalue weighted by Gasteiger charge is 2.35. The first-order chi connectivity index (χ1) is 15.2. The van der Waals surface area contributed by atoms with E-state index in [4.69, 9.17) is 0 Å². The van der Waals surface area contributed by atoms with Gasteiger partial charge in [-0.1, -0.05) is 0 Å². The van der Waals surface area contributed by atoms with Crippen molar-refractivity contribution in [1.82, 2.24) is 4.31 Å². The molecule has 0 aromatic heterocycles. The molecule has 4 rings (SSSR count). The van der Waals surface area contributed by atoms with Crippen LogP contribution in [-0.4, -0.2) is 43.7 Å². The van der Waals surface area contributed by atoms with Gasteiger partial charge in [0.15, 0.2) is 0 Å². The van der Waals surface area contributed by atoms with E-state index in [0.29, 0.717) is 31.5 Å². The van der Waals surface area contributed by atoms with E-state index < -0.39 is 21.8 Å². The number of anilines is 2. The lowest BCUT2D eigenvalue weighted by molar-refractivity contribution is -0.121. The summed E-state index contributed by atoms with van der Waals surface area (Å²) in [6.07, 6.45) is 1.75. The topological polar surface area (TPSA) is 86.8 Å². The molecule has 2 heterocycles. The summed E-state index contributed by atoms with van der Waals surface area (Å²) in [6.45, 7) is 3.86. The van der Waals surface area contributed by atoms with Gasteiger partial charge in [-0.25, -0.2) is 12.8 Å². The van der Waals surface area contributed by atoms with Crippen molar-refractivity contribution in [2.45, 2.75) is 44.0 Å². The number of carbonyl (C=O) groups is 2. The molecular formula is C23H26FN3O4S. The van der Waals surface area contributed by atoms with E-state index in [2.05, 4.69) is 5.32 Å². The van der Waals surface area contributed by atoms with Crippen molar-refractivity contribution in [1.29, 1.82) is 0 Å². The fraction of sp³-hybridized carbons (Fsp3) is 0.391. The number of hydrogen-bond acceptors (Lipinski definition) is 4. The number of halogens is 1. The van der Waals surface area contributed by atoms with Crippen molar-refractivity contribution >= 4 is 33.2 Å². The van der Waals surface area contributed by atoms with Crippen molar-refractivity contribution in [3.63, 3.8) is 0 Å². The third-order valence-electron chi connectivity index (χ3n) is 6.11. The number of benzene rings is 2. The minimum atomic E-state index is -3.78. The van der Waals surface area contributed by atoms with Crippen LogP contribution in [0.1, 0.15) is 32.3 Å². The molecule has 1 fully saturated rings. The molecular weight excluding hydrogens is 433 g/mol. The molecule has 0 radical (unpaired) electrons. The second-order valence-electron chi connectivity index (χ2n) is 8.43. The van der Waals surface area contributed by atoms with Crippen LogP contribution in [0.15, 0.2) is 47.4 Å². The number of fused-ring (bicyclic) bond motifs is 1. The SMILES string of the molecule is CC(=O)N1c2ccc(S(=O)(=O)N3CCC[C@H](C(=O)Nc4ccc(F)cc4)C3)cc2C[C@H]1C. The molecule has 0 bridgehead atoms. The molecule has 2 atom stereocenters. The molecule has 2 aromatic rings. The highest BCUT2D eigenvalue weighted by Crippen LogP contribution is 2.35. The highest BCUT2D eigenvalue weighted by atomic mass is 32.2. The molecule has 0 saturated carbocycles. The summed E-state index contributed by atoms with van der Waals surface area (Å²) in [5.41, 5.74) is 2.05. The largest absolute Gasteiger partial charge is 0.326 e. The van der Waals surface area contributed by atoms with Gasteiger partial charge in [-0.2, -0.15) is 4.31 Å². The predicted molar refractivity (Wildman–Crippen MR) is 119 cm³/mol. The van der Waals surface area contributed by atoms with Crippen molar-refractivity contribution in [3.8, 4) is 0 Å². The number of sulfonamides is 1. The van der Waals surface area contributed by atoms with E-state index >= 15 is 0 Å². The molecule has 2 amide bonds. The van der Waals surface area contributed by atoms with Crippen LogP contribution in [0.4, 0.5) is 15.8 Å². The maximum Gasteiger partial charge on any atom is 0.243 e. The molecule has 1 saturated heterocycles. The summed E-state index contributed by atoms with van der Waals surface area (Å²) in [5, 5.41) is 2.74. The quantitative estimate of drug-likeness (QED) is 0.761. The van der Waals surface area contributed by atoms with Crippen LogP contribution in [-0.2, 0) is 26.0 Å². The monoisotopic (exact) mass is 459 g/mol. The van der Waals surface area contributed by atoms with Crippen LogP contribution in [0.2, 0.25) is 0 Å². The first kappa shape index (κ1) is 22.4. The van der Waals surface area contributed by atoms with Crippen molar-refractivity contribution in [2.24, 2.45) is 5.92 Å². The molecule has 2 aliphatic rings. The summed E-state index contributed by atoms with van der Waals surface area (Å²) in [5.74, 6) is -1.24. The van der Waals surface area contributed by atoms with E-state index in [1.807, 2.05) is 6.92 Å². The van der Waals surface area contributed by atoms with Gasteiger partial charge in [-0.15, -0.1) is 0 Å². The zero-order valence-electron chi connectivity index (χ0n) is 18.0. The third kappa shape index (κ3) is 4.27. The van der Waals surface area contributed by atoms with Gasteiger partial charge < -0.3 is 10.2 Å². The van der Waals surface area contributed by atoms with E-state index in [1.54, 1.807) is 17.0 Å². The van der Waals surface area contributed by atoms with E-state index in [-0.39, 0.29) is 29.3 Å². The molecule has 32 heavy (non-hydrogen) atoms. The predicted octanol–water partition coefficient (Wildman–Crippen LogP) is 3.16. The maximum atomic E-state index is 13.3. The highest BCUT2D eigenvalue weighted by molar-refractivity contribution is 7.89. The van der Waals surface area contributed by atoms with E-state index in [0.717, 1.165) is 11.3 Å². The van der Waals surface area contributed by atoms with Gasteiger partial charge in [0.1, 0.15) is 5.82 Å². The molecule has 1 N–H and O–H groups in total. The summed E-state index contributed by atoms with van der Waals surface area (Å²) in [6, 6.07) is 10.3. The van der Waals surface area contributed by atoms with Crippen LogP contribution in [0, 0.1) is 11.7 Å². The number of nitrogens with one attached hydrogen (secondary N) is 1. The minimum absolute atomic E-state index is 0.0185. The van der Waals surface area contributed by atoms with Gasteiger partial charge >= 0.3 is 0 Å². The van der Waals surface area contributed by atoms with Crippen molar-refractivity contribution in [3.05, 3.63) is 53.8 Å². The maximum absolute atomic E-state index is 13.3. The summed E-state index contributed by atoms with van der Waals surface area (Å²) >= 11 is 0. The molecule has 0 unspecified atom stereocenters. The first-order valence-corrected chi connectivity index (χ1v) is 12.1. The molecule has 7 nitrogen and oxygen atoms in total. The Labute approximate surface area is 187 Å². The smallest absolute Gasteiger partial charge is 0.243 e. The number of hydrogen-bond donors (Lipinski definition) is 1. The van der Waals surface area contributed by atoms with Gasteiger partial charge in [-0.3, -0.25) is 9.59 Å². The van der Waals surface area contributed by atoms with E-state index in [1.165, 1.54) is 41.6 Å². The zero-order valence-corrected chi connectivity index (χ0v) is 18.9. The third-order valence-corrected chi connectivity index (χ3v) is 7.97. The summed E-state index contributed by atoms with van der Waals surface area (Å²) < 4.78 is 41.1. The molecule has 0 spiro atoms. The fourth-order valence-electron chi connectivity index (χ4n) is 4.55. The van der Waals surface area contributed by atoms with Crippen molar-refractivity contribution in [2.75, 3.05) is 23.3 Å². The van der Waals surface area contributed by atoms with Crippen LogP contribution >= 0.6 is 0 Å². The van der Waals surface area contributed by atoms with Gasteiger partial charge in [-0.05, 0) is 74.2 Å². The Balaban J connectivity index is 1.50. The zero-order chi connectivity index (χ0) is 23.0. The molecule has 9 heteroatoms. The number of rotatable bonds is 4. The van der Waals surface area contributed by atoms with Gasteiger partial charge in [0.25, 0.3) is 0 Å². The fourth-order valence-corrected chi connectivity index (χ4v) is 6.12. The Morgan fingerprint density at radius 2 is 1.84 bits per heavy atom. The molecule has 0 aliphatic carbocycles. The lowest BCUT2D eigenvalue weighted by Crippen LogP contribution is -2.43. The average Bonchev–Trinajstić information content (AvgIpc) is 3.10. The minimum Gasteiger partial charge on any atom is -0.326 e.